The molecule has 0 spiro atoms. The first-order valence-electron chi connectivity index (χ1n) is 7.78. The average molecular weight is 333 g/mol. The van der Waals surface area contributed by atoms with E-state index in [9.17, 15) is 9.59 Å². The first kappa shape index (κ1) is 15.1. The molecule has 2 heterocycles. The van der Waals surface area contributed by atoms with Gasteiger partial charge in [0.05, 0.1) is 33.5 Å². The topological polar surface area (TPSA) is 104 Å². The minimum atomic E-state index is -0.280. The SMILES string of the molecule is Cc1nc2ccc(C(=O)Nc3ccc4[nH]c(=O)[nH]c4c3)cc2nc1C. The van der Waals surface area contributed by atoms with Crippen molar-refractivity contribution in [1.29, 1.82) is 0 Å². The van der Waals surface area contributed by atoms with Gasteiger partial charge in [-0.1, -0.05) is 0 Å². The van der Waals surface area contributed by atoms with Crippen LogP contribution >= 0.6 is 0 Å². The van der Waals surface area contributed by atoms with Crippen LogP contribution < -0.4 is 11.0 Å². The van der Waals surface area contributed by atoms with E-state index in [1.807, 2.05) is 13.8 Å². The highest BCUT2D eigenvalue weighted by Crippen LogP contribution is 2.18. The van der Waals surface area contributed by atoms with Gasteiger partial charge in [0.2, 0.25) is 0 Å². The summed E-state index contributed by atoms with van der Waals surface area (Å²) in [6, 6.07) is 10.4. The van der Waals surface area contributed by atoms with E-state index in [-0.39, 0.29) is 11.6 Å². The van der Waals surface area contributed by atoms with E-state index >= 15 is 0 Å². The van der Waals surface area contributed by atoms with Crippen molar-refractivity contribution in [2.75, 3.05) is 5.32 Å². The quantitative estimate of drug-likeness (QED) is 0.524. The molecule has 4 rings (SSSR count). The Morgan fingerprint density at radius 2 is 1.64 bits per heavy atom. The van der Waals surface area contributed by atoms with Crippen LogP contribution in [0.1, 0.15) is 21.7 Å². The van der Waals surface area contributed by atoms with Crippen molar-refractivity contribution in [2.24, 2.45) is 0 Å². The normalized spacial score (nSPS) is 11.1. The van der Waals surface area contributed by atoms with Gasteiger partial charge < -0.3 is 15.3 Å². The number of carbonyl (C=O) groups excluding carboxylic acids is 1. The van der Waals surface area contributed by atoms with Gasteiger partial charge in [-0.3, -0.25) is 4.79 Å². The number of hydrogen-bond donors (Lipinski definition) is 3. The zero-order chi connectivity index (χ0) is 17.6. The summed E-state index contributed by atoms with van der Waals surface area (Å²) in [5.74, 6) is -0.251. The number of H-pyrrole nitrogens is 2. The number of imidazole rings is 1. The van der Waals surface area contributed by atoms with E-state index in [1.165, 1.54) is 0 Å². The third-order valence-corrected chi connectivity index (χ3v) is 4.11. The van der Waals surface area contributed by atoms with Crippen molar-refractivity contribution in [3.8, 4) is 0 Å². The molecule has 1 amide bonds. The number of nitrogens with one attached hydrogen (secondary N) is 3. The Balaban J connectivity index is 1.66. The van der Waals surface area contributed by atoms with Crippen LogP contribution in [0.4, 0.5) is 5.69 Å². The second-order valence-corrected chi connectivity index (χ2v) is 5.89. The summed E-state index contributed by atoms with van der Waals surface area (Å²) in [5.41, 5.74) is 5.29. The smallest absolute Gasteiger partial charge is 0.322 e. The number of aryl methyl sites for hydroxylation is 2. The third-order valence-electron chi connectivity index (χ3n) is 4.11. The first-order valence-corrected chi connectivity index (χ1v) is 7.78. The highest BCUT2D eigenvalue weighted by molar-refractivity contribution is 6.06. The van der Waals surface area contributed by atoms with E-state index < -0.39 is 0 Å². The van der Waals surface area contributed by atoms with Gasteiger partial charge in [0.25, 0.3) is 5.91 Å². The lowest BCUT2D eigenvalue weighted by Crippen LogP contribution is -2.12. The lowest BCUT2D eigenvalue weighted by molar-refractivity contribution is 0.102. The Labute approximate surface area is 142 Å². The van der Waals surface area contributed by atoms with Crippen LogP contribution in [0.15, 0.2) is 41.2 Å². The van der Waals surface area contributed by atoms with Gasteiger partial charge >= 0.3 is 5.69 Å². The molecule has 7 heteroatoms. The van der Waals surface area contributed by atoms with E-state index in [1.54, 1.807) is 36.4 Å². The van der Waals surface area contributed by atoms with Crippen molar-refractivity contribution >= 4 is 33.7 Å². The van der Waals surface area contributed by atoms with E-state index in [0.29, 0.717) is 27.8 Å². The zero-order valence-corrected chi connectivity index (χ0v) is 13.7. The molecule has 25 heavy (non-hydrogen) atoms. The standard InChI is InChI=1S/C18H15N5O2/c1-9-10(2)20-15-7-11(3-5-13(15)19-9)17(24)21-12-4-6-14-16(8-12)23-18(25)22-14/h3-8H,1-2H3,(H,21,24)(H2,22,23,25). The molecule has 0 saturated heterocycles. The fourth-order valence-electron chi connectivity index (χ4n) is 2.69. The van der Waals surface area contributed by atoms with Crippen molar-refractivity contribution in [1.82, 2.24) is 19.9 Å². The number of fused-ring (bicyclic) bond motifs is 2. The fourth-order valence-corrected chi connectivity index (χ4v) is 2.69. The van der Waals surface area contributed by atoms with Crippen LogP contribution in [0.3, 0.4) is 0 Å². The molecule has 3 N–H and O–H groups in total. The molecule has 0 aliphatic rings. The lowest BCUT2D eigenvalue weighted by atomic mass is 10.1. The predicted molar refractivity (Wildman–Crippen MR) is 95.9 cm³/mol. The summed E-state index contributed by atoms with van der Waals surface area (Å²) in [7, 11) is 0. The number of aromatic nitrogens is 4. The number of anilines is 1. The highest BCUT2D eigenvalue weighted by Gasteiger charge is 2.10. The molecule has 0 unspecified atom stereocenters. The maximum Gasteiger partial charge on any atom is 0.323 e. The number of hydrogen-bond acceptors (Lipinski definition) is 4. The Morgan fingerprint density at radius 1 is 0.920 bits per heavy atom. The zero-order valence-electron chi connectivity index (χ0n) is 13.7. The summed E-state index contributed by atoms with van der Waals surface area (Å²) >= 11 is 0. The number of amides is 1. The number of nitrogens with zero attached hydrogens (tertiary/aromatic N) is 2. The molecule has 0 radical (unpaired) electrons. The van der Waals surface area contributed by atoms with Crippen LogP contribution in [0.5, 0.6) is 0 Å². The lowest BCUT2D eigenvalue weighted by Gasteiger charge is -2.07. The Hall–Kier alpha value is -3.48. The van der Waals surface area contributed by atoms with Gasteiger partial charge in [-0.25, -0.2) is 14.8 Å². The Morgan fingerprint density at radius 3 is 2.44 bits per heavy atom. The monoisotopic (exact) mass is 333 g/mol. The molecular weight excluding hydrogens is 318 g/mol. The van der Waals surface area contributed by atoms with Gasteiger partial charge in [-0.15, -0.1) is 0 Å². The van der Waals surface area contributed by atoms with Gasteiger partial charge in [0.1, 0.15) is 0 Å². The summed E-state index contributed by atoms with van der Waals surface area (Å²) in [5, 5.41) is 2.83. The maximum absolute atomic E-state index is 12.5. The van der Waals surface area contributed by atoms with Gasteiger partial charge in [-0.05, 0) is 50.2 Å². The van der Waals surface area contributed by atoms with Gasteiger partial charge in [0, 0.05) is 11.3 Å². The average Bonchev–Trinajstić information content (AvgIpc) is 2.94. The Kier molecular flexibility index (Phi) is 3.35. The van der Waals surface area contributed by atoms with Crippen LogP contribution in [0.25, 0.3) is 22.1 Å². The van der Waals surface area contributed by atoms with Crippen LogP contribution in [0.2, 0.25) is 0 Å². The van der Waals surface area contributed by atoms with Crippen molar-refractivity contribution in [2.45, 2.75) is 13.8 Å². The van der Waals surface area contributed by atoms with Crippen LogP contribution in [-0.4, -0.2) is 25.8 Å². The molecule has 7 nitrogen and oxygen atoms in total. The molecular formula is C18H15N5O2. The molecule has 0 atom stereocenters. The number of aromatic amines is 2. The first-order chi connectivity index (χ1) is 12.0. The van der Waals surface area contributed by atoms with Crippen molar-refractivity contribution in [3.05, 3.63) is 63.8 Å². The Bertz CT molecular complexity index is 1190. The summed E-state index contributed by atoms with van der Waals surface area (Å²) in [6.07, 6.45) is 0. The minimum Gasteiger partial charge on any atom is -0.322 e. The highest BCUT2D eigenvalue weighted by atomic mass is 16.2. The third kappa shape index (κ3) is 2.76. The predicted octanol–water partition coefficient (Wildman–Crippen LogP) is 2.67. The largest absolute Gasteiger partial charge is 0.323 e. The molecule has 2 aromatic carbocycles. The van der Waals surface area contributed by atoms with E-state index in [0.717, 1.165) is 16.9 Å². The summed E-state index contributed by atoms with van der Waals surface area (Å²) in [4.78, 5) is 38.1. The van der Waals surface area contributed by atoms with Gasteiger partial charge in [-0.2, -0.15) is 0 Å². The van der Waals surface area contributed by atoms with E-state index in [4.69, 9.17) is 0 Å². The summed E-state index contributed by atoms with van der Waals surface area (Å²) < 4.78 is 0. The molecule has 0 aliphatic heterocycles. The molecule has 0 saturated carbocycles. The number of benzene rings is 2. The minimum absolute atomic E-state index is 0.251. The number of rotatable bonds is 2. The molecule has 0 aliphatic carbocycles. The maximum atomic E-state index is 12.5. The second kappa shape index (κ2) is 5.55. The molecule has 0 bridgehead atoms. The second-order valence-electron chi connectivity index (χ2n) is 5.89. The molecule has 4 aromatic rings. The molecule has 2 aromatic heterocycles. The number of carbonyl (C=O) groups is 1. The fraction of sp³-hybridized carbons (Fsp3) is 0.111. The molecule has 124 valence electrons. The van der Waals surface area contributed by atoms with Gasteiger partial charge in [0.15, 0.2) is 0 Å². The van der Waals surface area contributed by atoms with Crippen LogP contribution in [-0.2, 0) is 0 Å². The summed E-state index contributed by atoms with van der Waals surface area (Å²) in [6.45, 7) is 3.80. The van der Waals surface area contributed by atoms with Crippen molar-refractivity contribution in [3.63, 3.8) is 0 Å². The van der Waals surface area contributed by atoms with Crippen LogP contribution in [0, 0.1) is 13.8 Å². The van der Waals surface area contributed by atoms with E-state index in [2.05, 4.69) is 25.3 Å². The molecule has 0 fully saturated rings. The van der Waals surface area contributed by atoms with Crippen molar-refractivity contribution < 1.29 is 4.79 Å².